The molecule has 0 bridgehead atoms. The van der Waals surface area contributed by atoms with Gasteiger partial charge in [-0.15, -0.1) is 0 Å². The van der Waals surface area contributed by atoms with Crippen LogP contribution in [0.5, 0.6) is 0 Å². The lowest BCUT2D eigenvalue weighted by molar-refractivity contribution is -0.151. The summed E-state index contributed by atoms with van der Waals surface area (Å²) in [5.41, 5.74) is -0.548. The predicted molar refractivity (Wildman–Crippen MR) is 86.5 cm³/mol. The van der Waals surface area contributed by atoms with E-state index in [1.165, 1.54) is 0 Å². The minimum Gasteiger partial charge on any atom is -0.508 e. The van der Waals surface area contributed by atoms with Crippen molar-refractivity contribution in [2.24, 2.45) is 34.5 Å². The van der Waals surface area contributed by atoms with Gasteiger partial charge in [-0.1, -0.05) is 19.9 Å². The van der Waals surface area contributed by atoms with Gasteiger partial charge in [-0.3, -0.25) is 0 Å². The highest BCUT2D eigenvalue weighted by Gasteiger charge is 2.63. The van der Waals surface area contributed by atoms with Crippen molar-refractivity contribution >= 4 is 0 Å². The second kappa shape index (κ2) is 4.84. The Labute approximate surface area is 137 Å². The lowest BCUT2D eigenvalue weighted by atomic mass is 9.46. The van der Waals surface area contributed by atoms with Gasteiger partial charge in [0.05, 0.1) is 18.3 Å². The molecule has 0 saturated heterocycles. The molecule has 4 N–H and O–H groups in total. The maximum atomic E-state index is 11.0. The topological polar surface area (TPSA) is 80.9 Å². The van der Waals surface area contributed by atoms with E-state index in [4.69, 9.17) is 0 Å². The van der Waals surface area contributed by atoms with Crippen molar-refractivity contribution in [2.45, 2.75) is 57.8 Å². The van der Waals surface area contributed by atoms with E-state index in [0.29, 0.717) is 24.5 Å². The van der Waals surface area contributed by atoms with Crippen LogP contribution in [0, 0.1) is 34.5 Å². The summed E-state index contributed by atoms with van der Waals surface area (Å²) in [6.07, 6.45) is 7.04. The Morgan fingerprint density at radius 1 is 1.09 bits per heavy atom. The molecule has 4 rings (SSSR count). The number of hydrogen-bond acceptors (Lipinski definition) is 4. The minimum absolute atomic E-state index is 0.123. The van der Waals surface area contributed by atoms with Crippen LogP contribution in [0.2, 0.25) is 0 Å². The Balaban J connectivity index is 1.73. The third kappa shape index (κ3) is 1.95. The first-order chi connectivity index (χ1) is 10.8. The molecule has 0 aromatic carbocycles. The lowest BCUT2D eigenvalue weighted by Gasteiger charge is -2.59. The summed E-state index contributed by atoms with van der Waals surface area (Å²) >= 11 is 0. The average Bonchev–Trinajstić information content (AvgIpc) is 2.71. The largest absolute Gasteiger partial charge is 0.508 e. The third-order valence-corrected chi connectivity index (χ3v) is 7.74. The zero-order chi connectivity index (χ0) is 16.6. The van der Waals surface area contributed by atoms with Gasteiger partial charge >= 0.3 is 0 Å². The van der Waals surface area contributed by atoms with Crippen LogP contribution in [0.25, 0.3) is 0 Å². The smallest absolute Gasteiger partial charge is 0.111 e. The maximum absolute atomic E-state index is 11.0. The van der Waals surface area contributed by atoms with E-state index < -0.39 is 18.3 Å². The van der Waals surface area contributed by atoms with E-state index >= 15 is 0 Å². The predicted octanol–water partition coefficient (Wildman–Crippen LogP) is 2.16. The molecule has 3 saturated carbocycles. The number of fused-ring (bicyclic) bond motifs is 5. The highest BCUT2D eigenvalue weighted by molar-refractivity contribution is 5.28. The van der Waals surface area contributed by atoms with Gasteiger partial charge < -0.3 is 20.4 Å². The highest BCUT2D eigenvalue weighted by Crippen LogP contribution is 2.64. The molecule has 0 unspecified atom stereocenters. The molecule has 0 heterocycles. The molecule has 0 aromatic heterocycles. The van der Waals surface area contributed by atoms with E-state index in [2.05, 4.69) is 13.0 Å². The van der Waals surface area contributed by atoms with Crippen molar-refractivity contribution in [3.05, 3.63) is 24.0 Å². The zero-order valence-electron chi connectivity index (χ0n) is 13.9. The molecule has 4 aliphatic rings. The maximum Gasteiger partial charge on any atom is 0.111 e. The van der Waals surface area contributed by atoms with Gasteiger partial charge in [0.15, 0.2) is 0 Å². The van der Waals surface area contributed by atoms with Gasteiger partial charge in [-0.25, -0.2) is 0 Å². The first-order valence-corrected chi connectivity index (χ1v) is 8.91. The minimum atomic E-state index is -0.737. The summed E-state index contributed by atoms with van der Waals surface area (Å²) < 4.78 is 0. The quantitative estimate of drug-likeness (QED) is 0.551. The number of aliphatic hydroxyl groups excluding tert-OH is 4. The van der Waals surface area contributed by atoms with Crippen molar-refractivity contribution in [3.63, 3.8) is 0 Å². The Bertz CT molecular complexity index is 570. The van der Waals surface area contributed by atoms with E-state index in [-0.39, 0.29) is 28.6 Å². The Morgan fingerprint density at radius 3 is 2.57 bits per heavy atom. The number of hydrogen-bond donors (Lipinski definition) is 4. The number of rotatable bonds is 0. The average molecular weight is 320 g/mol. The van der Waals surface area contributed by atoms with Crippen LogP contribution in [0.1, 0.15) is 39.5 Å². The zero-order valence-corrected chi connectivity index (χ0v) is 13.9. The molecule has 4 nitrogen and oxygen atoms in total. The molecule has 4 heteroatoms. The Hall–Kier alpha value is -0.840. The fraction of sp³-hybridized carbons (Fsp3) is 0.789. The molecule has 4 aliphatic carbocycles. The van der Waals surface area contributed by atoms with Crippen molar-refractivity contribution in [1.29, 1.82) is 0 Å². The van der Waals surface area contributed by atoms with Crippen LogP contribution in [0.15, 0.2) is 24.0 Å². The van der Waals surface area contributed by atoms with Crippen molar-refractivity contribution in [1.82, 2.24) is 0 Å². The standard InChI is InChI=1S/C19H28O4/c1-18-6-5-11(20)7-10(18)3-4-12-13-8-14(21)17(23)19(13,2)9-15(22)16(12)18/h5-7,10,12-17,20-23H,3-4,8-9H2,1-2H3/t10-,12+,13+,14-,15+,16-,17+,18+,19+/m1/s1. The summed E-state index contributed by atoms with van der Waals surface area (Å²) in [7, 11) is 0. The molecule has 0 spiro atoms. The van der Waals surface area contributed by atoms with Crippen LogP contribution < -0.4 is 0 Å². The van der Waals surface area contributed by atoms with Crippen LogP contribution >= 0.6 is 0 Å². The molecule has 0 amide bonds. The van der Waals surface area contributed by atoms with E-state index in [1.807, 2.05) is 13.0 Å². The number of allylic oxidation sites excluding steroid dienone is 3. The summed E-state index contributed by atoms with van der Waals surface area (Å²) in [6, 6.07) is 0. The van der Waals surface area contributed by atoms with Crippen LogP contribution in [-0.4, -0.2) is 38.7 Å². The van der Waals surface area contributed by atoms with Gasteiger partial charge in [0.2, 0.25) is 0 Å². The molecule has 128 valence electrons. The van der Waals surface area contributed by atoms with Gasteiger partial charge in [0.25, 0.3) is 0 Å². The van der Waals surface area contributed by atoms with Gasteiger partial charge in [0, 0.05) is 5.41 Å². The third-order valence-electron chi connectivity index (χ3n) is 7.74. The normalized spacial score (nSPS) is 58.1. The molecule has 0 aliphatic heterocycles. The second-order valence-electron chi connectivity index (χ2n) is 8.80. The molecular formula is C19H28O4. The van der Waals surface area contributed by atoms with E-state index in [0.717, 1.165) is 12.8 Å². The molecule has 3 fully saturated rings. The van der Waals surface area contributed by atoms with E-state index in [1.54, 1.807) is 6.08 Å². The molecule has 9 atom stereocenters. The van der Waals surface area contributed by atoms with Crippen molar-refractivity contribution in [3.8, 4) is 0 Å². The Morgan fingerprint density at radius 2 is 1.83 bits per heavy atom. The molecule has 0 radical (unpaired) electrons. The molecule has 0 aromatic rings. The van der Waals surface area contributed by atoms with Crippen molar-refractivity contribution in [2.75, 3.05) is 0 Å². The van der Waals surface area contributed by atoms with Gasteiger partial charge in [-0.2, -0.15) is 0 Å². The summed E-state index contributed by atoms with van der Waals surface area (Å²) in [5.74, 6) is 1.27. The summed E-state index contributed by atoms with van der Waals surface area (Å²) in [5, 5.41) is 41.5. The monoisotopic (exact) mass is 320 g/mol. The van der Waals surface area contributed by atoms with E-state index in [9.17, 15) is 20.4 Å². The van der Waals surface area contributed by atoms with Gasteiger partial charge in [0.1, 0.15) is 5.76 Å². The lowest BCUT2D eigenvalue weighted by Crippen LogP contribution is -2.58. The fourth-order valence-corrected chi connectivity index (χ4v) is 6.58. The first kappa shape index (κ1) is 15.7. The van der Waals surface area contributed by atoms with Crippen LogP contribution in [0.3, 0.4) is 0 Å². The SMILES string of the molecule is C[C@]12C=CC(O)=C[C@H]1CC[C@@H]1[C@@H]2[C@@H](O)C[C@]2(C)[C@@H](O)[C@H](O)C[C@@H]12. The van der Waals surface area contributed by atoms with Crippen LogP contribution in [-0.2, 0) is 0 Å². The summed E-state index contributed by atoms with van der Waals surface area (Å²) in [6.45, 7) is 4.23. The first-order valence-electron chi connectivity index (χ1n) is 8.91. The molecular weight excluding hydrogens is 292 g/mol. The highest BCUT2D eigenvalue weighted by atomic mass is 16.3. The number of aliphatic hydroxyl groups is 4. The molecule has 23 heavy (non-hydrogen) atoms. The van der Waals surface area contributed by atoms with Crippen molar-refractivity contribution < 1.29 is 20.4 Å². The fourth-order valence-electron chi connectivity index (χ4n) is 6.58. The second-order valence-corrected chi connectivity index (χ2v) is 8.80. The van der Waals surface area contributed by atoms with Crippen LogP contribution in [0.4, 0.5) is 0 Å². The Kier molecular flexibility index (Phi) is 3.30. The van der Waals surface area contributed by atoms with Gasteiger partial charge in [-0.05, 0) is 66.9 Å². The summed E-state index contributed by atoms with van der Waals surface area (Å²) in [4.78, 5) is 0.